The number of nitrogens with one attached hydrogen (secondary N) is 2. The van der Waals surface area contributed by atoms with Crippen LogP contribution in [0.2, 0.25) is 0 Å². The highest BCUT2D eigenvalue weighted by Gasteiger charge is 2.16. The third-order valence-corrected chi connectivity index (χ3v) is 7.27. The zero-order valence-corrected chi connectivity index (χ0v) is 25.8. The summed E-state index contributed by atoms with van der Waals surface area (Å²) >= 11 is 0. The maximum Gasteiger partial charge on any atom is 0.177 e. The van der Waals surface area contributed by atoms with Crippen LogP contribution >= 0.6 is 0 Å². The number of nitrogens with zero attached hydrogens (tertiary/aromatic N) is 6. The average molecular weight is 597 g/mol. The minimum Gasteiger partial charge on any atom is -0.329 e. The number of aromatic amines is 2. The summed E-state index contributed by atoms with van der Waals surface area (Å²) in [5.41, 5.74) is 11.3. The van der Waals surface area contributed by atoms with E-state index in [2.05, 4.69) is 84.0 Å². The summed E-state index contributed by atoms with van der Waals surface area (Å²) in [5.74, 6) is 1.07. The lowest BCUT2D eigenvalue weighted by Gasteiger charge is -2.09. The normalized spacial score (nSPS) is 10.1. The smallest absolute Gasteiger partial charge is 0.177 e. The molecule has 0 amide bonds. The summed E-state index contributed by atoms with van der Waals surface area (Å²) in [7, 11) is 0. The van der Waals surface area contributed by atoms with E-state index < -0.39 is 0 Å². The van der Waals surface area contributed by atoms with Gasteiger partial charge in [0.15, 0.2) is 22.8 Å². The Hall–Kier alpha value is -6.74. The average Bonchev–Trinajstić information content (AvgIpc) is 3.68. The monoisotopic (exact) mass is 596 g/mol. The van der Waals surface area contributed by atoms with Crippen LogP contribution in [0, 0.1) is 73.0 Å². The van der Waals surface area contributed by atoms with Gasteiger partial charge >= 0.3 is 0 Å². The lowest BCUT2D eigenvalue weighted by Crippen LogP contribution is -1.89. The number of rotatable bonds is 4. The van der Waals surface area contributed by atoms with Gasteiger partial charge in [0.1, 0.15) is 35.9 Å². The Morgan fingerprint density at radius 1 is 0.457 bits per heavy atom. The number of H-pyrrole nitrogens is 2. The van der Waals surface area contributed by atoms with Crippen LogP contribution in [-0.4, -0.2) is 19.9 Å². The molecule has 0 bridgehead atoms. The quantitative estimate of drug-likeness (QED) is 0.209. The summed E-state index contributed by atoms with van der Waals surface area (Å²) < 4.78 is 0. The first-order valence-electron chi connectivity index (χ1n) is 14.4. The van der Waals surface area contributed by atoms with Gasteiger partial charge in [-0.05, 0) is 49.9 Å². The van der Waals surface area contributed by atoms with Crippen molar-refractivity contribution in [1.29, 1.82) is 21.0 Å². The lowest BCUT2D eigenvalue weighted by atomic mass is 9.96. The number of aromatic nitrogens is 4. The van der Waals surface area contributed by atoms with Gasteiger partial charge in [0.2, 0.25) is 0 Å². The Balaban J connectivity index is 0.000000181. The molecular formula is C38H28N8. The van der Waals surface area contributed by atoms with Crippen LogP contribution < -0.4 is 0 Å². The van der Waals surface area contributed by atoms with E-state index in [1.54, 1.807) is 0 Å². The molecule has 0 spiro atoms. The fourth-order valence-corrected chi connectivity index (χ4v) is 5.47. The molecule has 0 aliphatic rings. The van der Waals surface area contributed by atoms with Crippen molar-refractivity contribution in [3.8, 4) is 69.3 Å². The van der Waals surface area contributed by atoms with Crippen molar-refractivity contribution in [2.75, 3.05) is 0 Å². The van der Waals surface area contributed by atoms with Crippen LogP contribution in [0.25, 0.3) is 45.0 Å². The van der Waals surface area contributed by atoms with E-state index in [9.17, 15) is 0 Å². The minimum absolute atomic E-state index is 0.123. The maximum atomic E-state index is 9.10. The maximum absolute atomic E-state index is 9.10. The zero-order chi connectivity index (χ0) is 32.8. The number of hydrogen-bond donors (Lipinski definition) is 2. The zero-order valence-electron chi connectivity index (χ0n) is 25.8. The van der Waals surface area contributed by atoms with Crippen LogP contribution in [0.3, 0.4) is 0 Å². The SMILES string of the molecule is Cc1cc(C)cc(-c2ccccc2-c2nc(C#N)c(C#N)[nH]2)c1.Cc1cc(C)cc(-c2ccccc2-c2nc(C#N)c(C#N)[nH]2)c1. The predicted octanol–water partition coefficient (Wildman–Crippen LogP) is 8.21. The molecule has 0 atom stereocenters. The van der Waals surface area contributed by atoms with Gasteiger partial charge in [-0.25, -0.2) is 9.97 Å². The molecule has 8 heteroatoms. The number of hydrogen-bond acceptors (Lipinski definition) is 6. The van der Waals surface area contributed by atoms with E-state index in [0.29, 0.717) is 11.6 Å². The Kier molecular flexibility index (Phi) is 8.86. The largest absolute Gasteiger partial charge is 0.329 e. The lowest BCUT2D eigenvalue weighted by molar-refractivity contribution is 1.29. The van der Waals surface area contributed by atoms with Gasteiger partial charge in [0.05, 0.1) is 0 Å². The fraction of sp³-hybridized carbons (Fsp3) is 0.105. The summed E-state index contributed by atoms with van der Waals surface area (Å²) in [6.45, 7) is 8.25. The highest BCUT2D eigenvalue weighted by Crippen LogP contribution is 2.33. The van der Waals surface area contributed by atoms with Gasteiger partial charge in [-0.1, -0.05) is 107 Å². The van der Waals surface area contributed by atoms with Crippen molar-refractivity contribution in [3.05, 3.63) is 130 Å². The molecule has 0 fully saturated rings. The van der Waals surface area contributed by atoms with Gasteiger partial charge in [-0.3, -0.25) is 0 Å². The Morgan fingerprint density at radius 2 is 0.783 bits per heavy atom. The highest BCUT2D eigenvalue weighted by atomic mass is 14.9. The molecule has 0 saturated carbocycles. The van der Waals surface area contributed by atoms with E-state index in [1.807, 2.05) is 72.8 Å². The topological polar surface area (TPSA) is 153 Å². The first kappa shape index (κ1) is 30.7. The molecule has 8 nitrogen and oxygen atoms in total. The van der Waals surface area contributed by atoms with Crippen molar-refractivity contribution >= 4 is 0 Å². The second-order valence-corrected chi connectivity index (χ2v) is 10.9. The Bertz CT molecular complexity index is 1990. The van der Waals surface area contributed by atoms with E-state index >= 15 is 0 Å². The molecule has 46 heavy (non-hydrogen) atoms. The number of nitriles is 4. The summed E-state index contributed by atoms with van der Waals surface area (Å²) in [4.78, 5) is 14.4. The first-order valence-corrected chi connectivity index (χ1v) is 14.4. The molecule has 2 aromatic heterocycles. The minimum atomic E-state index is 0.123. The molecule has 6 aromatic rings. The van der Waals surface area contributed by atoms with E-state index in [1.165, 1.54) is 22.3 Å². The molecule has 0 unspecified atom stereocenters. The van der Waals surface area contributed by atoms with Gasteiger partial charge in [0.25, 0.3) is 0 Å². The molecule has 4 aromatic carbocycles. The van der Waals surface area contributed by atoms with Crippen molar-refractivity contribution < 1.29 is 0 Å². The first-order chi connectivity index (χ1) is 22.2. The molecular weight excluding hydrogens is 568 g/mol. The summed E-state index contributed by atoms with van der Waals surface area (Å²) in [6.07, 6.45) is 0. The fourth-order valence-electron chi connectivity index (χ4n) is 5.47. The second kappa shape index (κ2) is 13.3. The van der Waals surface area contributed by atoms with Crippen LogP contribution in [-0.2, 0) is 0 Å². The number of imidazole rings is 2. The Labute approximate surface area is 267 Å². The van der Waals surface area contributed by atoms with Gasteiger partial charge in [-0.15, -0.1) is 0 Å². The molecule has 0 aliphatic carbocycles. The van der Waals surface area contributed by atoms with Crippen LogP contribution in [0.5, 0.6) is 0 Å². The van der Waals surface area contributed by atoms with Crippen LogP contribution in [0.15, 0.2) is 84.9 Å². The van der Waals surface area contributed by atoms with E-state index in [-0.39, 0.29) is 22.8 Å². The van der Waals surface area contributed by atoms with Gasteiger partial charge in [0, 0.05) is 11.1 Å². The number of benzene rings is 4. The van der Waals surface area contributed by atoms with Crippen molar-refractivity contribution in [3.63, 3.8) is 0 Å². The van der Waals surface area contributed by atoms with Gasteiger partial charge in [-0.2, -0.15) is 21.0 Å². The summed E-state index contributed by atoms with van der Waals surface area (Å²) in [6, 6.07) is 36.2. The van der Waals surface area contributed by atoms with Crippen molar-refractivity contribution in [2.45, 2.75) is 27.7 Å². The predicted molar refractivity (Wildman–Crippen MR) is 177 cm³/mol. The number of aryl methyl sites for hydroxylation is 4. The molecule has 0 radical (unpaired) electrons. The molecule has 2 N–H and O–H groups in total. The standard InChI is InChI=1S/2C19H14N4/c2*1-12-7-13(2)9-14(8-12)15-5-3-4-6-16(15)19-22-17(10-20)18(11-21)23-19/h2*3-9H,1-2H3,(H,22,23). The molecule has 2 heterocycles. The Morgan fingerprint density at radius 3 is 1.07 bits per heavy atom. The van der Waals surface area contributed by atoms with Crippen LogP contribution in [0.1, 0.15) is 45.0 Å². The molecule has 0 saturated heterocycles. The summed E-state index contributed by atoms with van der Waals surface area (Å²) in [5, 5.41) is 36.4. The van der Waals surface area contributed by atoms with E-state index in [0.717, 1.165) is 33.4 Å². The third-order valence-electron chi connectivity index (χ3n) is 7.27. The van der Waals surface area contributed by atoms with Crippen molar-refractivity contribution in [2.24, 2.45) is 0 Å². The molecule has 0 aliphatic heterocycles. The third kappa shape index (κ3) is 6.43. The molecule has 6 rings (SSSR count). The molecule has 220 valence electrons. The van der Waals surface area contributed by atoms with Gasteiger partial charge < -0.3 is 9.97 Å². The highest BCUT2D eigenvalue weighted by molar-refractivity contribution is 5.82. The van der Waals surface area contributed by atoms with E-state index in [4.69, 9.17) is 21.0 Å². The van der Waals surface area contributed by atoms with Crippen molar-refractivity contribution in [1.82, 2.24) is 19.9 Å². The van der Waals surface area contributed by atoms with Crippen LogP contribution in [0.4, 0.5) is 0 Å². The second-order valence-electron chi connectivity index (χ2n) is 10.9.